The molecule has 140 valence electrons. The average Bonchev–Trinajstić information content (AvgIpc) is 2.73. The first-order valence-corrected chi connectivity index (χ1v) is 8.70. The normalized spacial score (nSPS) is 13.1. The molecule has 0 aliphatic carbocycles. The third-order valence-electron chi connectivity index (χ3n) is 4.40. The lowest BCUT2D eigenvalue weighted by molar-refractivity contribution is -0.117. The molecule has 2 aromatic carbocycles. The van der Waals surface area contributed by atoms with Gasteiger partial charge in [-0.05, 0) is 42.5 Å². The van der Waals surface area contributed by atoms with Crippen LogP contribution in [0.3, 0.4) is 0 Å². The van der Waals surface area contributed by atoms with Gasteiger partial charge in [0, 0.05) is 25.0 Å². The fraction of sp³-hybridized carbons (Fsp3) is 0.100. The number of nitrogens with zero attached hydrogens (tertiary/aromatic N) is 4. The van der Waals surface area contributed by atoms with Gasteiger partial charge in [-0.15, -0.1) is 0 Å². The van der Waals surface area contributed by atoms with E-state index in [1.165, 1.54) is 0 Å². The third-order valence-corrected chi connectivity index (χ3v) is 4.40. The maximum Gasteiger partial charge on any atom is 0.258 e. The van der Waals surface area contributed by atoms with Gasteiger partial charge < -0.3 is 4.90 Å². The molecule has 0 unspecified atom stereocenters. The highest BCUT2D eigenvalue weighted by Gasteiger charge is 2.26. The number of hydrogen-bond donors (Lipinski definition) is 2. The lowest BCUT2D eigenvalue weighted by Gasteiger charge is -2.35. The van der Waals surface area contributed by atoms with Crippen molar-refractivity contribution >= 4 is 34.8 Å². The van der Waals surface area contributed by atoms with Crippen LogP contribution in [0.4, 0.5) is 23.0 Å². The van der Waals surface area contributed by atoms with E-state index < -0.39 is 0 Å². The predicted molar refractivity (Wildman–Crippen MR) is 107 cm³/mol. The topological polar surface area (TPSA) is 90.5 Å². The predicted octanol–water partition coefficient (Wildman–Crippen LogP) is 2.54. The number of anilines is 4. The standard InChI is InChI=1S/C20H18N6O2/c1-25-16-5-2-3-6-17(16)26(13-18(25)27)24-15-9-7-14(8-10-15)19(28)23-20-21-11-4-12-22-20/h2-12,24H,13H2,1H3,(H,21,22,23,28). The van der Waals surface area contributed by atoms with Gasteiger partial charge in [0.1, 0.15) is 6.54 Å². The number of amides is 2. The number of likely N-dealkylation sites (N-methyl/N-ethyl adjacent to an activating group) is 1. The fourth-order valence-corrected chi connectivity index (χ4v) is 2.93. The summed E-state index contributed by atoms with van der Waals surface area (Å²) in [4.78, 5) is 34.1. The van der Waals surface area contributed by atoms with E-state index >= 15 is 0 Å². The number of para-hydroxylation sites is 2. The molecular weight excluding hydrogens is 356 g/mol. The summed E-state index contributed by atoms with van der Waals surface area (Å²) < 4.78 is 0. The van der Waals surface area contributed by atoms with Gasteiger partial charge in [0.05, 0.1) is 17.1 Å². The van der Waals surface area contributed by atoms with Gasteiger partial charge in [-0.2, -0.15) is 0 Å². The lowest BCUT2D eigenvalue weighted by atomic mass is 10.2. The second-order valence-corrected chi connectivity index (χ2v) is 6.24. The van der Waals surface area contributed by atoms with Crippen molar-refractivity contribution in [2.75, 3.05) is 34.2 Å². The molecule has 0 saturated carbocycles. The Balaban J connectivity index is 1.48. The minimum absolute atomic E-state index is 0.00920. The Bertz CT molecular complexity index is 1010. The number of aromatic nitrogens is 2. The quantitative estimate of drug-likeness (QED) is 0.729. The number of carbonyl (C=O) groups is 2. The van der Waals surface area contributed by atoms with Crippen molar-refractivity contribution < 1.29 is 9.59 Å². The van der Waals surface area contributed by atoms with Crippen LogP contribution in [0.5, 0.6) is 0 Å². The highest BCUT2D eigenvalue weighted by Crippen LogP contribution is 2.32. The first-order chi connectivity index (χ1) is 13.6. The highest BCUT2D eigenvalue weighted by molar-refractivity contribution is 6.04. The molecule has 28 heavy (non-hydrogen) atoms. The molecule has 3 aromatic rings. The van der Waals surface area contributed by atoms with Gasteiger partial charge in [-0.25, -0.2) is 9.97 Å². The number of hydrazine groups is 1. The summed E-state index contributed by atoms with van der Waals surface area (Å²) in [6.07, 6.45) is 3.12. The van der Waals surface area contributed by atoms with Crippen LogP contribution in [0.15, 0.2) is 67.0 Å². The van der Waals surface area contributed by atoms with Crippen LogP contribution >= 0.6 is 0 Å². The molecule has 0 spiro atoms. The number of fused-ring (bicyclic) bond motifs is 1. The molecule has 2 heterocycles. The number of hydrogen-bond acceptors (Lipinski definition) is 6. The number of benzene rings is 2. The molecule has 0 atom stereocenters. The Labute approximate surface area is 161 Å². The Morgan fingerprint density at radius 2 is 1.64 bits per heavy atom. The van der Waals surface area contributed by atoms with E-state index in [2.05, 4.69) is 20.7 Å². The molecule has 0 bridgehead atoms. The van der Waals surface area contributed by atoms with Gasteiger partial charge in [-0.1, -0.05) is 12.1 Å². The summed E-state index contributed by atoms with van der Waals surface area (Å²) in [5, 5.41) is 4.44. The van der Waals surface area contributed by atoms with E-state index in [0.29, 0.717) is 5.56 Å². The highest BCUT2D eigenvalue weighted by atomic mass is 16.2. The maximum absolute atomic E-state index is 12.3. The summed E-state index contributed by atoms with van der Waals surface area (Å²) in [5.74, 6) is -0.0508. The van der Waals surface area contributed by atoms with Crippen LogP contribution in [-0.4, -0.2) is 35.4 Å². The smallest absolute Gasteiger partial charge is 0.258 e. The minimum atomic E-state index is -0.294. The lowest BCUT2D eigenvalue weighted by Crippen LogP contribution is -2.46. The van der Waals surface area contributed by atoms with Gasteiger partial charge in [0.2, 0.25) is 11.9 Å². The second kappa shape index (κ2) is 7.36. The number of rotatable bonds is 4. The Hall–Kier alpha value is -3.94. The maximum atomic E-state index is 12.3. The van der Waals surface area contributed by atoms with Crippen LogP contribution in [0, 0.1) is 0 Å². The Morgan fingerprint density at radius 3 is 2.36 bits per heavy atom. The van der Waals surface area contributed by atoms with Gasteiger partial charge in [-0.3, -0.25) is 25.3 Å². The molecule has 0 saturated heterocycles. The van der Waals surface area contributed by atoms with Crippen molar-refractivity contribution in [2.24, 2.45) is 0 Å². The van der Waals surface area contributed by atoms with Crippen LogP contribution in [0.25, 0.3) is 0 Å². The van der Waals surface area contributed by atoms with E-state index in [1.54, 1.807) is 59.7 Å². The van der Waals surface area contributed by atoms with E-state index in [4.69, 9.17) is 0 Å². The van der Waals surface area contributed by atoms with Crippen LogP contribution in [0.1, 0.15) is 10.4 Å². The molecule has 1 aliphatic rings. The molecule has 0 fully saturated rings. The molecular formula is C20H18N6O2. The first-order valence-electron chi connectivity index (χ1n) is 8.70. The minimum Gasteiger partial charge on any atom is -0.312 e. The van der Waals surface area contributed by atoms with E-state index in [9.17, 15) is 9.59 Å². The van der Waals surface area contributed by atoms with Crippen molar-refractivity contribution in [3.05, 3.63) is 72.6 Å². The third kappa shape index (κ3) is 3.48. The van der Waals surface area contributed by atoms with Gasteiger partial charge in [0.15, 0.2) is 0 Å². The number of carbonyl (C=O) groups excluding carboxylic acids is 2. The summed E-state index contributed by atoms with van der Waals surface area (Å²) in [7, 11) is 1.77. The van der Waals surface area contributed by atoms with Crippen molar-refractivity contribution in [1.29, 1.82) is 0 Å². The summed E-state index contributed by atoms with van der Waals surface area (Å²) in [5.41, 5.74) is 6.22. The molecule has 0 radical (unpaired) electrons. The van der Waals surface area contributed by atoms with Crippen LogP contribution in [-0.2, 0) is 4.79 Å². The molecule has 8 heteroatoms. The molecule has 1 aliphatic heterocycles. The van der Waals surface area contributed by atoms with Gasteiger partial charge in [0.25, 0.3) is 5.91 Å². The second-order valence-electron chi connectivity index (χ2n) is 6.24. The van der Waals surface area contributed by atoms with Crippen LogP contribution in [0.2, 0.25) is 0 Å². The zero-order valence-corrected chi connectivity index (χ0v) is 15.2. The molecule has 2 amide bonds. The van der Waals surface area contributed by atoms with E-state index in [1.807, 2.05) is 24.3 Å². The van der Waals surface area contributed by atoms with Crippen molar-refractivity contribution in [3.63, 3.8) is 0 Å². The van der Waals surface area contributed by atoms with Gasteiger partial charge >= 0.3 is 0 Å². The molecule has 1 aromatic heterocycles. The summed E-state index contributed by atoms with van der Waals surface area (Å²) in [6.45, 7) is 0.209. The largest absolute Gasteiger partial charge is 0.312 e. The Morgan fingerprint density at radius 1 is 0.964 bits per heavy atom. The zero-order valence-electron chi connectivity index (χ0n) is 15.2. The Kier molecular flexibility index (Phi) is 4.59. The molecule has 2 N–H and O–H groups in total. The molecule has 4 rings (SSSR count). The molecule has 8 nitrogen and oxygen atoms in total. The fourth-order valence-electron chi connectivity index (χ4n) is 2.93. The van der Waals surface area contributed by atoms with E-state index in [-0.39, 0.29) is 24.3 Å². The average molecular weight is 374 g/mol. The van der Waals surface area contributed by atoms with Crippen molar-refractivity contribution in [1.82, 2.24) is 9.97 Å². The van der Waals surface area contributed by atoms with Crippen molar-refractivity contribution in [2.45, 2.75) is 0 Å². The van der Waals surface area contributed by atoms with E-state index in [0.717, 1.165) is 17.1 Å². The monoisotopic (exact) mass is 374 g/mol. The van der Waals surface area contributed by atoms with Crippen molar-refractivity contribution in [3.8, 4) is 0 Å². The SMILES string of the molecule is CN1C(=O)CN(Nc2ccc(C(=O)Nc3ncccn3)cc2)c2ccccc21. The number of nitrogens with one attached hydrogen (secondary N) is 2. The van der Waals surface area contributed by atoms with Crippen LogP contribution < -0.4 is 20.7 Å². The zero-order chi connectivity index (χ0) is 19.5. The first kappa shape index (κ1) is 17.5. The summed E-state index contributed by atoms with van der Waals surface area (Å²) in [6, 6.07) is 16.3. The summed E-state index contributed by atoms with van der Waals surface area (Å²) >= 11 is 0.